The van der Waals surface area contributed by atoms with Gasteiger partial charge < -0.3 is 5.32 Å². The van der Waals surface area contributed by atoms with E-state index < -0.39 is 21.7 Å². The Hall–Kier alpha value is -3.19. The zero-order chi connectivity index (χ0) is 20.6. The highest BCUT2D eigenvalue weighted by Gasteiger charge is 2.31. The molecule has 0 saturated heterocycles. The predicted molar refractivity (Wildman–Crippen MR) is 110 cm³/mol. The zero-order valence-electron chi connectivity index (χ0n) is 15.7. The van der Waals surface area contributed by atoms with E-state index in [4.69, 9.17) is 0 Å². The molecule has 1 N–H and O–H groups in total. The third kappa shape index (κ3) is 3.61. The summed E-state index contributed by atoms with van der Waals surface area (Å²) >= 11 is 0. The second-order valence-electron chi connectivity index (χ2n) is 6.92. The SMILES string of the molecule is Cc1ccc(S(=O)(=O)N2CCc3cc(C(=O)Nc4ccccc4F)ccc32)cc1. The molecule has 0 bridgehead atoms. The third-order valence-corrected chi connectivity index (χ3v) is 6.75. The summed E-state index contributed by atoms with van der Waals surface area (Å²) in [6, 6.07) is 17.5. The summed E-state index contributed by atoms with van der Waals surface area (Å²) in [5, 5.41) is 2.54. The molecule has 0 unspecified atom stereocenters. The van der Waals surface area contributed by atoms with E-state index in [1.54, 1.807) is 54.6 Å². The van der Waals surface area contributed by atoms with E-state index in [1.807, 2.05) is 6.92 Å². The van der Waals surface area contributed by atoms with Gasteiger partial charge in [-0.25, -0.2) is 12.8 Å². The van der Waals surface area contributed by atoms with Gasteiger partial charge in [0.2, 0.25) is 0 Å². The first-order valence-corrected chi connectivity index (χ1v) is 10.6. The minimum atomic E-state index is -3.67. The fourth-order valence-electron chi connectivity index (χ4n) is 3.36. The van der Waals surface area contributed by atoms with E-state index in [0.717, 1.165) is 11.1 Å². The van der Waals surface area contributed by atoms with Crippen LogP contribution in [0.2, 0.25) is 0 Å². The van der Waals surface area contributed by atoms with Crippen LogP contribution in [0.5, 0.6) is 0 Å². The maximum Gasteiger partial charge on any atom is 0.264 e. The lowest BCUT2D eigenvalue weighted by Crippen LogP contribution is -2.29. The number of hydrogen-bond donors (Lipinski definition) is 1. The number of nitrogens with one attached hydrogen (secondary N) is 1. The fraction of sp³-hybridized carbons (Fsp3) is 0.136. The van der Waals surface area contributed by atoms with Crippen molar-refractivity contribution in [3.05, 3.63) is 89.2 Å². The van der Waals surface area contributed by atoms with Crippen LogP contribution in [-0.4, -0.2) is 20.9 Å². The number of fused-ring (bicyclic) bond motifs is 1. The molecule has 0 aromatic heterocycles. The van der Waals surface area contributed by atoms with E-state index in [-0.39, 0.29) is 10.6 Å². The molecule has 0 saturated carbocycles. The first-order valence-electron chi connectivity index (χ1n) is 9.14. The molecule has 5 nitrogen and oxygen atoms in total. The van der Waals surface area contributed by atoms with E-state index in [2.05, 4.69) is 5.32 Å². The number of aryl methyl sites for hydroxylation is 1. The van der Waals surface area contributed by atoms with Gasteiger partial charge in [-0.1, -0.05) is 29.8 Å². The molecule has 4 rings (SSSR count). The minimum Gasteiger partial charge on any atom is -0.319 e. The number of halogens is 1. The molecule has 1 aliphatic rings. The molecule has 0 spiro atoms. The Labute approximate surface area is 168 Å². The van der Waals surface area contributed by atoms with Gasteiger partial charge in [-0.2, -0.15) is 0 Å². The largest absolute Gasteiger partial charge is 0.319 e. The summed E-state index contributed by atoms with van der Waals surface area (Å²) in [7, 11) is -3.67. The number of nitrogens with zero attached hydrogens (tertiary/aromatic N) is 1. The van der Waals surface area contributed by atoms with Crippen molar-refractivity contribution in [1.29, 1.82) is 0 Å². The number of hydrogen-bond acceptors (Lipinski definition) is 3. The van der Waals surface area contributed by atoms with Gasteiger partial charge in [-0.15, -0.1) is 0 Å². The Balaban J connectivity index is 1.60. The molecule has 0 atom stereocenters. The number of anilines is 2. The smallest absolute Gasteiger partial charge is 0.264 e. The van der Waals surface area contributed by atoms with Crippen LogP contribution in [0.1, 0.15) is 21.5 Å². The van der Waals surface area contributed by atoms with Gasteiger partial charge in [0, 0.05) is 12.1 Å². The van der Waals surface area contributed by atoms with Crippen molar-refractivity contribution in [3.8, 4) is 0 Å². The van der Waals surface area contributed by atoms with E-state index >= 15 is 0 Å². The molecule has 3 aromatic rings. The highest BCUT2D eigenvalue weighted by molar-refractivity contribution is 7.92. The predicted octanol–water partition coefficient (Wildman–Crippen LogP) is 4.14. The Morgan fingerprint density at radius 2 is 1.76 bits per heavy atom. The van der Waals surface area contributed by atoms with Crippen molar-refractivity contribution >= 4 is 27.3 Å². The van der Waals surface area contributed by atoms with Crippen molar-refractivity contribution in [1.82, 2.24) is 0 Å². The number of carbonyl (C=O) groups is 1. The third-order valence-electron chi connectivity index (χ3n) is 4.93. The highest BCUT2D eigenvalue weighted by atomic mass is 32.2. The number of benzene rings is 3. The molecular formula is C22H19FN2O3S. The Morgan fingerprint density at radius 3 is 2.48 bits per heavy atom. The van der Waals surface area contributed by atoms with Crippen LogP contribution < -0.4 is 9.62 Å². The molecule has 1 heterocycles. The molecular weight excluding hydrogens is 391 g/mol. The van der Waals surface area contributed by atoms with Crippen molar-refractivity contribution in [3.63, 3.8) is 0 Å². The maximum absolute atomic E-state index is 13.8. The molecule has 7 heteroatoms. The summed E-state index contributed by atoms with van der Waals surface area (Å²) in [5.41, 5.74) is 2.76. The van der Waals surface area contributed by atoms with Crippen LogP contribution in [0.15, 0.2) is 71.6 Å². The molecule has 3 aromatic carbocycles. The van der Waals surface area contributed by atoms with Gasteiger partial charge in [0.25, 0.3) is 15.9 Å². The van der Waals surface area contributed by atoms with E-state index in [1.165, 1.54) is 16.4 Å². The molecule has 0 fully saturated rings. The van der Waals surface area contributed by atoms with Crippen molar-refractivity contribution in [2.45, 2.75) is 18.2 Å². The second-order valence-corrected chi connectivity index (χ2v) is 8.78. The molecule has 0 aliphatic carbocycles. The average molecular weight is 410 g/mol. The molecule has 1 amide bonds. The van der Waals surface area contributed by atoms with Crippen molar-refractivity contribution < 1.29 is 17.6 Å². The summed E-state index contributed by atoms with van der Waals surface area (Å²) in [6.45, 7) is 2.21. The standard InChI is InChI=1S/C22H19FN2O3S/c1-15-6-9-18(10-7-15)29(27,28)25-13-12-16-14-17(8-11-21(16)25)22(26)24-20-5-3-2-4-19(20)23/h2-11,14H,12-13H2,1H3,(H,24,26). The monoisotopic (exact) mass is 410 g/mol. The summed E-state index contributed by atoms with van der Waals surface area (Å²) in [6.07, 6.45) is 0.501. The van der Waals surface area contributed by atoms with Gasteiger partial charge in [0.1, 0.15) is 5.82 Å². The van der Waals surface area contributed by atoms with Gasteiger partial charge in [0.15, 0.2) is 0 Å². The first kappa shape index (κ1) is 19.1. The Morgan fingerprint density at radius 1 is 1.03 bits per heavy atom. The van der Waals surface area contributed by atoms with Crippen LogP contribution in [-0.2, 0) is 16.4 Å². The van der Waals surface area contributed by atoms with Gasteiger partial charge >= 0.3 is 0 Å². The average Bonchev–Trinajstić information content (AvgIpc) is 3.14. The van der Waals surface area contributed by atoms with Gasteiger partial charge in [0.05, 0.1) is 16.3 Å². The number of rotatable bonds is 4. The summed E-state index contributed by atoms with van der Waals surface area (Å²) in [5.74, 6) is -0.963. The van der Waals surface area contributed by atoms with Crippen LogP contribution in [0.4, 0.5) is 15.8 Å². The summed E-state index contributed by atoms with van der Waals surface area (Å²) < 4.78 is 41.2. The quantitative estimate of drug-likeness (QED) is 0.703. The van der Waals surface area contributed by atoms with E-state index in [0.29, 0.717) is 24.2 Å². The topological polar surface area (TPSA) is 66.5 Å². The van der Waals surface area contributed by atoms with Crippen molar-refractivity contribution in [2.75, 3.05) is 16.2 Å². The molecule has 0 radical (unpaired) electrons. The normalized spacial score (nSPS) is 13.2. The summed E-state index contributed by atoms with van der Waals surface area (Å²) in [4.78, 5) is 12.7. The van der Waals surface area contributed by atoms with E-state index in [9.17, 15) is 17.6 Å². The van der Waals surface area contributed by atoms with Crippen LogP contribution in [0.3, 0.4) is 0 Å². The molecule has 29 heavy (non-hydrogen) atoms. The van der Waals surface area contributed by atoms with Crippen LogP contribution in [0.25, 0.3) is 0 Å². The second kappa shape index (κ2) is 7.33. The number of carbonyl (C=O) groups excluding carboxylic acids is 1. The van der Waals surface area contributed by atoms with Crippen molar-refractivity contribution in [2.24, 2.45) is 0 Å². The molecule has 148 valence electrons. The highest BCUT2D eigenvalue weighted by Crippen LogP contribution is 2.33. The van der Waals surface area contributed by atoms with Gasteiger partial charge in [-0.3, -0.25) is 9.10 Å². The number of sulfonamides is 1. The zero-order valence-corrected chi connectivity index (χ0v) is 16.5. The van der Waals surface area contributed by atoms with Crippen LogP contribution in [0, 0.1) is 12.7 Å². The lowest BCUT2D eigenvalue weighted by Gasteiger charge is -2.20. The number of para-hydroxylation sites is 1. The lowest BCUT2D eigenvalue weighted by molar-refractivity contribution is 0.102. The first-order chi connectivity index (χ1) is 13.9. The fourth-order valence-corrected chi connectivity index (χ4v) is 4.86. The minimum absolute atomic E-state index is 0.0987. The maximum atomic E-state index is 13.8. The van der Waals surface area contributed by atoms with Gasteiger partial charge in [-0.05, 0) is 61.4 Å². The Kier molecular flexibility index (Phi) is 4.84. The number of amides is 1. The Bertz CT molecular complexity index is 1190. The lowest BCUT2D eigenvalue weighted by atomic mass is 10.1. The van der Waals surface area contributed by atoms with Crippen LogP contribution >= 0.6 is 0 Å². The molecule has 1 aliphatic heterocycles.